The number of hydrogen-bond acceptors (Lipinski definition) is 1. The van der Waals surface area contributed by atoms with Crippen molar-refractivity contribution in [3.8, 4) is 11.5 Å². The van der Waals surface area contributed by atoms with E-state index in [1.54, 1.807) is 0 Å². The van der Waals surface area contributed by atoms with Crippen molar-refractivity contribution in [1.29, 1.82) is 0 Å². The Hall–Kier alpha value is -2.54. The third kappa shape index (κ3) is 3.32. The van der Waals surface area contributed by atoms with Crippen molar-refractivity contribution in [2.75, 3.05) is 0 Å². The minimum absolute atomic E-state index is 0.386. The molecule has 1 nitrogen and oxygen atoms in total. The lowest BCUT2D eigenvalue weighted by Gasteiger charge is -2.13. The molecule has 0 radical (unpaired) electrons. The first-order chi connectivity index (χ1) is 10.3. The standard InChI is InChI=1S/C20H18O/c1-16(17-8-4-2-5-9-17)18-12-14-20(15-13-18)21-19-10-6-3-7-11-19/h2-16H,1H3. The Morgan fingerprint density at radius 3 is 1.67 bits per heavy atom. The van der Waals surface area contributed by atoms with E-state index in [0.29, 0.717) is 5.92 Å². The summed E-state index contributed by atoms with van der Waals surface area (Å²) < 4.78 is 5.82. The summed E-state index contributed by atoms with van der Waals surface area (Å²) in [6.07, 6.45) is 0. The van der Waals surface area contributed by atoms with Crippen LogP contribution in [-0.2, 0) is 0 Å². The Bertz CT molecular complexity index is 672. The monoisotopic (exact) mass is 274 g/mol. The zero-order valence-corrected chi connectivity index (χ0v) is 12.1. The van der Waals surface area contributed by atoms with Crippen LogP contribution in [0.5, 0.6) is 11.5 Å². The molecule has 0 saturated heterocycles. The maximum Gasteiger partial charge on any atom is 0.127 e. The van der Waals surface area contributed by atoms with E-state index in [2.05, 4.69) is 43.3 Å². The Morgan fingerprint density at radius 1 is 0.571 bits per heavy atom. The molecule has 1 unspecified atom stereocenters. The first-order valence-electron chi connectivity index (χ1n) is 7.21. The quantitative estimate of drug-likeness (QED) is 0.599. The normalized spacial score (nSPS) is 11.9. The van der Waals surface area contributed by atoms with Gasteiger partial charge < -0.3 is 4.74 Å². The lowest BCUT2D eigenvalue weighted by molar-refractivity contribution is 0.482. The number of hydrogen-bond donors (Lipinski definition) is 0. The zero-order chi connectivity index (χ0) is 14.5. The van der Waals surface area contributed by atoms with Crippen LogP contribution in [0.1, 0.15) is 24.0 Å². The van der Waals surface area contributed by atoms with Gasteiger partial charge in [-0.3, -0.25) is 0 Å². The molecule has 0 spiro atoms. The van der Waals surface area contributed by atoms with Crippen LogP contribution in [0, 0.1) is 0 Å². The van der Waals surface area contributed by atoms with Gasteiger partial charge in [0.1, 0.15) is 11.5 Å². The summed E-state index contributed by atoms with van der Waals surface area (Å²) in [5, 5.41) is 0. The van der Waals surface area contributed by atoms with Crippen molar-refractivity contribution >= 4 is 0 Å². The fraction of sp³-hybridized carbons (Fsp3) is 0.100. The van der Waals surface area contributed by atoms with Gasteiger partial charge in [0.05, 0.1) is 0 Å². The van der Waals surface area contributed by atoms with E-state index < -0.39 is 0 Å². The minimum atomic E-state index is 0.386. The Morgan fingerprint density at radius 2 is 1.05 bits per heavy atom. The van der Waals surface area contributed by atoms with Gasteiger partial charge in [0.15, 0.2) is 0 Å². The minimum Gasteiger partial charge on any atom is -0.457 e. The van der Waals surface area contributed by atoms with Gasteiger partial charge in [-0.1, -0.05) is 67.6 Å². The van der Waals surface area contributed by atoms with Gasteiger partial charge in [-0.2, -0.15) is 0 Å². The van der Waals surface area contributed by atoms with Crippen molar-refractivity contribution in [2.45, 2.75) is 12.8 Å². The molecule has 104 valence electrons. The summed E-state index contributed by atoms with van der Waals surface area (Å²) in [6, 6.07) is 28.7. The van der Waals surface area contributed by atoms with E-state index in [-0.39, 0.29) is 0 Å². The van der Waals surface area contributed by atoms with Gasteiger partial charge in [-0.25, -0.2) is 0 Å². The Balaban J connectivity index is 1.75. The summed E-state index contributed by atoms with van der Waals surface area (Å²) >= 11 is 0. The fourth-order valence-electron chi connectivity index (χ4n) is 2.38. The van der Waals surface area contributed by atoms with Crippen LogP contribution in [0.4, 0.5) is 0 Å². The summed E-state index contributed by atoms with van der Waals surface area (Å²) in [7, 11) is 0. The van der Waals surface area contributed by atoms with Gasteiger partial charge in [0, 0.05) is 5.92 Å². The number of rotatable bonds is 4. The second kappa shape index (κ2) is 6.27. The summed E-state index contributed by atoms with van der Waals surface area (Å²) in [4.78, 5) is 0. The smallest absolute Gasteiger partial charge is 0.127 e. The highest BCUT2D eigenvalue weighted by molar-refractivity contribution is 5.37. The van der Waals surface area contributed by atoms with Crippen LogP contribution in [0.15, 0.2) is 84.9 Å². The summed E-state index contributed by atoms with van der Waals surface area (Å²) in [5.74, 6) is 2.11. The summed E-state index contributed by atoms with van der Waals surface area (Å²) in [5.41, 5.74) is 2.62. The lowest BCUT2D eigenvalue weighted by atomic mass is 9.93. The molecule has 3 rings (SSSR count). The number of para-hydroxylation sites is 1. The molecule has 1 atom stereocenters. The largest absolute Gasteiger partial charge is 0.457 e. The van der Waals surface area contributed by atoms with Crippen molar-refractivity contribution in [2.24, 2.45) is 0 Å². The van der Waals surface area contributed by atoms with Crippen molar-refractivity contribution in [1.82, 2.24) is 0 Å². The third-order valence-corrected chi connectivity index (χ3v) is 3.66. The number of benzene rings is 3. The molecule has 0 bridgehead atoms. The summed E-state index contributed by atoms with van der Waals surface area (Å²) in [6.45, 7) is 2.22. The Kier molecular flexibility index (Phi) is 4.02. The van der Waals surface area contributed by atoms with Gasteiger partial charge in [-0.15, -0.1) is 0 Å². The topological polar surface area (TPSA) is 9.23 Å². The molecule has 0 aliphatic heterocycles. The molecule has 0 amide bonds. The van der Waals surface area contributed by atoms with Crippen molar-refractivity contribution < 1.29 is 4.74 Å². The molecule has 0 aliphatic carbocycles. The second-order valence-corrected chi connectivity index (χ2v) is 5.12. The molecule has 0 fully saturated rings. The predicted octanol–water partition coefficient (Wildman–Crippen LogP) is 5.63. The van der Waals surface area contributed by atoms with Crippen molar-refractivity contribution in [3.63, 3.8) is 0 Å². The molecule has 3 aromatic carbocycles. The van der Waals surface area contributed by atoms with Gasteiger partial charge in [-0.05, 0) is 35.4 Å². The van der Waals surface area contributed by atoms with Crippen LogP contribution in [0.2, 0.25) is 0 Å². The molecule has 0 aromatic heterocycles. The molecular formula is C20H18O. The van der Waals surface area contributed by atoms with Gasteiger partial charge >= 0.3 is 0 Å². The van der Waals surface area contributed by atoms with Crippen LogP contribution >= 0.6 is 0 Å². The van der Waals surface area contributed by atoms with E-state index in [1.807, 2.05) is 48.5 Å². The van der Waals surface area contributed by atoms with Crippen LogP contribution in [0.3, 0.4) is 0 Å². The highest BCUT2D eigenvalue weighted by Gasteiger charge is 2.07. The van der Waals surface area contributed by atoms with E-state index >= 15 is 0 Å². The molecule has 0 N–H and O–H groups in total. The molecule has 21 heavy (non-hydrogen) atoms. The average molecular weight is 274 g/mol. The van der Waals surface area contributed by atoms with Crippen LogP contribution < -0.4 is 4.74 Å². The SMILES string of the molecule is CC(c1ccccc1)c1ccc(Oc2ccccc2)cc1. The van der Waals surface area contributed by atoms with Crippen molar-refractivity contribution in [3.05, 3.63) is 96.1 Å². The van der Waals surface area contributed by atoms with Gasteiger partial charge in [0.25, 0.3) is 0 Å². The van der Waals surface area contributed by atoms with Crippen LogP contribution in [-0.4, -0.2) is 0 Å². The number of ether oxygens (including phenoxy) is 1. The third-order valence-electron chi connectivity index (χ3n) is 3.66. The highest BCUT2D eigenvalue weighted by atomic mass is 16.5. The second-order valence-electron chi connectivity index (χ2n) is 5.12. The molecule has 0 heterocycles. The van der Waals surface area contributed by atoms with E-state index in [1.165, 1.54) is 11.1 Å². The molecule has 0 aliphatic rings. The maximum absolute atomic E-state index is 5.82. The first-order valence-corrected chi connectivity index (χ1v) is 7.21. The highest BCUT2D eigenvalue weighted by Crippen LogP contribution is 2.27. The van der Waals surface area contributed by atoms with Crippen LogP contribution in [0.25, 0.3) is 0 Å². The first kappa shape index (κ1) is 13.4. The van der Waals surface area contributed by atoms with E-state index in [0.717, 1.165) is 11.5 Å². The van der Waals surface area contributed by atoms with E-state index in [4.69, 9.17) is 4.74 Å². The zero-order valence-electron chi connectivity index (χ0n) is 12.1. The Labute approximate surface area is 125 Å². The molecule has 1 heteroatoms. The predicted molar refractivity (Wildman–Crippen MR) is 86.9 cm³/mol. The molecule has 3 aromatic rings. The van der Waals surface area contributed by atoms with E-state index in [9.17, 15) is 0 Å². The maximum atomic E-state index is 5.82. The van der Waals surface area contributed by atoms with Gasteiger partial charge in [0.2, 0.25) is 0 Å². The molecular weight excluding hydrogens is 256 g/mol. The fourth-order valence-corrected chi connectivity index (χ4v) is 2.38. The molecule has 0 saturated carbocycles. The lowest BCUT2D eigenvalue weighted by Crippen LogP contribution is -1.95. The average Bonchev–Trinajstić information content (AvgIpc) is 2.57.